The molecule has 0 aliphatic heterocycles. The average molecular weight is 366 g/mol. The summed E-state index contributed by atoms with van der Waals surface area (Å²) < 4.78 is 5.48. The summed E-state index contributed by atoms with van der Waals surface area (Å²) in [6.45, 7) is 0. The van der Waals surface area contributed by atoms with Gasteiger partial charge >= 0.3 is 0 Å². The fourth-order valence-electron chi connectivity index (χ4n) is 1.47. The van der Waals surface area contributed by atoms with Gasteiger partial charge in [0.25, 0.3) is 0 Å². The summed E-state index contributed by atoms with van der Waals surface area (Å²) in [6, 6.07) is 7.11. The van der Waals surface area contributed by atoms with Crippen LogP contribution in [0.5, 0.6) is 5.75 Å². The van der Waals surface area contributed by atoms with E-state index in [1.54, 1.807) is 43.1 Å². The molecule has 120 valence electrons. The van der Waals surface area contributed by atoms with E-state index in [4.69, 9.17) is 17.0 Å². The van der Waals surface area contributed by atoms with E-state index >= 15 is 0 Å². The summed E-state index contributed by atoms with van der Waals surface area (Å²) >= 11 is 7.78. The van der Waals surface area contributed by atoms with Gasteiger partial charge in [-0.05, 0) is 24.3 Å². The van der Waals surface area contributed by atoms with E-state index in [1.807, 2.05) is 5.38 Å². The number of thioether (sulfide) groups is 1. The minimum Gasteiger partial charge on any atom is -0.497 e. The molecule has 0 atom stereocenters. The lowest BCUT2D eigenvalue weighted by Crippen LogP contribution is -2.18. The number of nitrogens with one attached hydrogen (secondary N) is 2. The summed E-state index contributed by atoms with van der Waals surface area (Å²) in [5.41, 5.74) is 5.87. The Balaban J connectivity index is 1.69. The number of carbonyl (C=O) groups excluding carboxylic acids is 1. The molecule has 0 aliphatic rings. The molecule has 0 saturated heterocycles. The maximum absolute atomic E-state index is 11.8. The molecule has 23 heavy (non-hydrogen) atoms. The highest BCUT2D eigenvalue weighted by molar-refractivity contribution is 8.23. The summed E-state index contributed by atoms with van der Waals surface area (Å²) in [4.78, 5) is 15.9. The quantitative estimate of drug-likeness (QED) is 0.465. The van der Waals surface area contributed by atoms with Crippen LogP contribution in [0.4, 0.5) is 5.69 Å². The Morgan fingerprint density at radius 1 is 1.48 bits per heavy atom. The summed E-state index contributed by atoms with van der Waals surface area (Å²) in [6.07, 6.45) is 1.57. The van der Waals surface area contributed by atoms with E-state index in [0.29, 0.717) is 10.0 Å². The van der Waals surface area contributed by atoms with Crippen molar-refractivity contribution in [2.75, 3.05) is 18.2 Å². The van der Waals surface area contributed by atoms with Gasteiger partial charge in [0.15, 0.2) is 4.32 Å². The summed E-state index contributed by atoms with van der Waals surface area (Å²) in [5.74, 6) is 0.790. The van der Waals surface area contributed by atoms with Crippen molar-refractivity contribution in [2.24, 2.45) is 5.10 Å². The summed E-state index contributed by atoms with van der Waals surface area (Å²) in [5, 5.41) is 8.60. The minimum absolute atomic E-state index is 0.146. The first-order valence-electron chi connectivity index (χ1n) is 6.45. The predicted molar refractivity (Wildman–Crippen MR) is 99.5 cm³/mol. The maximum Gasteiger partial charge on any atom is 0.234 e. The smallest absolute Gasteiger partial charge is 0.234 e. The molecule has 2 N–H and O–H groups in total. The van der Waals surface area contributed by atoms with Crippen LogP contribution in [-0.4, -0.2) is 34.3 Å². The van der Waals surface area contributed by atoms with Crippen molar-refractivity contribution in [3.8, 4) is 5.75 Å². The molecule has 1 aromatic carbocycles. The van der Waals surface area contributed by atoms with Gasteiger partial charge in [-0.15, -0.1) is 11.3 Å². The number of hydrazone groups is 1. The Labute approximate surface area is 147 Å². The maximum atomic E-state index is 11.8. The van der Waals surface area contributed by atoms with Gasteiger partial charge < -0.3 is 10.1 Å². The largest absolute Gasteiger partial charge is 0.497 e. The van der Waals surface area contributed by atoms with Crippen LogP contribution < -0.4 is 15.5 Å². The molecule has 0 aliphatic carbocycles. The number of aromatic nitrogens is 1. The van der Waals surface area contributed by atoms with Crippen LogP contribution in [0.2, 0.25) is 0 Å². The number of anilines is 1. The molecule has 6 nitrogen and oxygen atoms in total. The van der Waals surface area contributed by atoms with Gasteiger partial charge in [-0.3, -0.25) is 10.2 Å². The Kier molecular flexibility index (Phi) is 6.98. The van der Waals surface area contributed by atoms with Gasteiger partial charge in [0, 0.05) is 11.1 Å². The van der Waals surface area contributed by atoms with Crippen molar-refractivity contribution in [1.29, 1.82) is 0 Å². The first-order valence-corrected chi connectivity index (χ1v) is 8.79. The molecule has 2 rings (SSSR count). The molecule has 0 saturated carbocycles. The van der Waals surface area contributed by atoms with Crippen LogP contribution in [0.25, 0.3) is 0 Å². The fraction of sp³-hybridized carbons (Fsp3) is 0.143. The van der Waals surface area contributed by atoms with Crippen LogP contribution in [0.3, 0.4) is 0 Å². The lowest BCUT2D eigenvalue weighted by atomic mass is 10.3. The molecule has 1 heterocycles. The molecular formula is C14H14N4O2S3. The zero-order valence-electron chi connectivity index (χ0n) is 12.2. The highest BCUT2D eigenvalue weighted by Gasteiger charge is 2.05. The van der Waals surface area contributed by atoms with Gasteiger partial charge in [0.05, 0.1) is 30.3 Å². The molecule has 0 fully saturated rings. The van der Waals surface area contributed by atoms with Gasteiger partial charge in [0.2, 0.25) is 5.91 Å². The van der Waals surface area contributed by atoms with E-state index in [9.17, 15) is 4.79 Å². The topological polar surface area (TPSA) is 75.6 Å². The number of amides is 1. The van der Waals surface area contributed by atoms with E-state index in [0.717, 1.165) is 11.4 Å². The Morgan fingerprint density at radius 3 is 2.91 bits per heavy atom. The Morgan fingerprint density at radius 2 is 2.26 bits per heavy atom. The van der Waals surface area contributed by atoms with Gasteiger partial charge in [-0.1, -0.05) is 24.0 Å². The number of nitrogens with zero attached hydrogens (tertiary/aromatic N) is 2. The molecule has 0 unspecified atom stereocenters. The predicted octanol–water partition coefficient (Wildman–Crippen LogP) is 2.73. The highest BCUT2D eigenvalue weighted by atomic mass is 32.2. The zero-order valence-corrected chi connectivity index (χ0v) is 14.6. The van der Waals surface area contributed by atoms with Crippen molar-refractivity contribution in [1.82, 2.24) is 10.4 Å². The molecular weight excluding hydrogens is 352 g/mol. The van der Waals surface area contributed by atoms with E-state index in [1.165, 1.54) is 23.1 Å². The van der Waals surface area contributed by atoms with Crippen molar-refractivity contribution in [2.45, 2.75) is 0 Å². The van der Waals surface area contributed by atoms with Gasteiger partial charge in [0.1, 0.15) is 5.75 Å². The Hall–Kier alpha value is -1.97. The first-order chi connectivity index (χ1) is 11.2. The molecule has 9 heteroatoms. The minimum atomic E-state index is -0.146. The number of ether oxygens (including phenoxy) is 1. The molecule has 0 bridgehead atoms. The third-order valence-corrected chi connectivity index (χ3v) is 4.32. The third-order valence-electron chi connectivity index (χ3n) is 2.51. The average Bonchev–Trinajstić information content (AvgIpc) is 3.07. The Bertz CT molecular complexity index is 672. The van der Waals surface area contributed by atoms with E-state index in [-0.39, 0.29) is 11.7 Å². The number of hydrogen-bond acceptors (Lipinski definition) is 7. The van der Waals surface area contributed by atoms with Crippen LogP contribution in [0.1, 0.15) is 5.69 Å². The molecule has 1 amide bonds. The van der Waals surface area contributed by atoms with Crippen molar-refractivity contribution >= 4 is 57.4 Å². The van der Waals surface area contributed by atoms with Crippen molar-refractivity contribution < 1.29 is 9.53 Å². The number of carbonyl (C=O) groups is 1. The molecule has 1 aromatic heterocycles. The monoisotopic (exact) mass is 366 g/mol. The number of hydrogen-bond donors (Lipinski definition) is 2. The zero-order chi connectivity index (χ0) is 16.5. The van der Waals surface area contributed by atoms with E-state index < -0.39 is 0 Å². The second-order valence-corrected chi connectivity index (χ2v) is 6.51. The first kappa shape index (κ1) is 17.4. The second-order valence-electron chi connectivity index (χ2n) is 4.14. The van der Waals surface area contributed by atoms with Crippen LogP contribution >= 0.6 is 35.3 Å². The normalized spacial score (nSPS) is 10.5. The van der Waals surface area contributed by atoms with Crippen LogP contribution in [0, 0.1) is 0 Å². The van der Waals surface area contributed by atoms with Crippen molar-refractivity contribution in [3.63, 3.8) is 0 Å². The standard InChI is InChI=1S/C14H14N4O2S3/c1-20-12-4-2-10(3-5-12)17-13(19)8-23-14(21)18-16-6-11-7-22-9-15-11/h2-7,9H,8H2,1H3,(H,17,19)(H,18,21)/b16-6+. The number of benzene rings is 1. The molecule has 2 aromatic rings. The fourth-order valence-corrected chi connectivity index (χ4v) is 2.66. The highest BCUT2D eigenvalue weighted by Crippen LogP contribution is 2.15. The second kappa shape index (κ2) is 9.23. The number of methoxy groups -OCH3 is 1. The number of thiazole rings is 1. The number of thiocarbonyl (C=S) groups is 1. The number of rotatable bonds is 6. The third kappa shape index (κ3) is 6.35. The lowest BCUT2D eigenvalue weighted by Gasteiger charge is -2.06. The van der Waals surface area contributed by atoms with Gasteiger partial charge in [-0.25, -0.2) is 4.98 Å². The lowest BCUT2D eigenvalue weighted by molar-refractivity contribution is -0.113. The van der Waals surface area contributed by atoms with Crippen molar-refractivity contribution in [3.05, 3.63) is 40.8 Å². The SMILES string of the molecule is COc1ccc(NC(=O)CSC(=S)N/N=C/c2cscn2)cc1. The van der Waals surface area contributed by atoms with Crippen LogP contribution in [0.15, 0.2) is 40.3 Å². The molecule has 0 spiro atoms. The van der Waals surface area contributed by atoms with E-state index in [2.05, 4.69) is 20.8 Å². The van der Waals surface area contributed by atoms with Gasteiger partial charge in [-0.2, -0.15) is 5.10 Å². The molecule has 0 radical (unpaired) electrons. The van der Waals surface area contributed by atoms with Crippen LogP contribution in [-0.2, 0) is 4.79 Å². The summed E-state index contributed by atoms with van der Waals surface area (Å²) in [7, 11) is 1.59.